The molecule has 1 heterocycles. The molecule has 0 saturated carbocycles. The number of aliphatic carboxylic acids is 1. The second-order valence-corrected chi connectivity index (χ2v) is 7.94. The maximum atomic E-state index is 12.3. The molecule has 28 heavy (non-hydrogen) atoms. The molecule has 0 aliphatic carbocycles. The molecule has 0 aliphatic heterocycles. The first-order valence-corrected chi connectivity index (χ1v) is 10.1. The van der Waals surface area contributed by atoms with Gasteiger partial charge in [-0.3, -0.25) is 0 Å². The normalized spacial score (nSPS) is 11.6. The number of benzene rings is 2. The van der Waals surface area contributed by atoms with Gasteiger partial charge in [0.1, 0.15) is 5.69 Å². The number of carboxylic acids is 1. The van der Waals surface area contributed by atoms with Crippen LogP contribution < -0.4 is 4.41 Å². The first-order chi connectivity index (χ1) is 13.3. The van der Waals surface area contributed by atoms with Crippen LogP contribution in [0.15, 0.2) is 66.9 Å². The minimum absolute atomic E-state index is 0.0190. The zero-order valence-electron chi connectivity index (χ0n) is 15.0. The van der Waals surface area contributed by atoms with Crippen molar-refractivity contribution in [3.8, 4) is 11.3 Å². The molecule has 0 fully saturated rings. The Morgan fingerprint density at radius 2 is 1.93 bits per heavy atom. The molecule has 3 aromatic rings. The van der Waals surface area contributed by atoms with Crippen LogP contribution in [-0.4, -0.2) is 40.9 Å². The van der Waals surface area contributed by atoms with E-state index in [1.807, 2.05) is 30.3 Å². The summed E-state index contributed by atoms with van der Waals surface area (Å²) in [5, 5.41) is 16.8. The number of carbonyl (C=O) groups is 1. The van der Waals surface area contributed by atoms with Crippen LogP contribution in [0.2, 0.25) is 0 Å². The van der Waals surface area contributed by atoms with Crippen molar-refractivity contribution >= 4 is 22.1 Å². The average Bonchev–Trinajstić information content (AvgIpc) is 3.14. The van der Waals surface area contributed by atoms with Gasteiger partial charge in [0.2, 0.25) is 10.0 Å². The van der Waals surface area contributed by atoms with Crippen LogP contribution in [0.3, 0.4) is 0 Å². The van der Waals surface area contributed by atoms with Crippen molar-refractivity contribution in [1.29, 1.82) is 0 Å². The van der Waals surface area contributed by atoms with Crippen molar-refractivity contribution in [3.63, 3.8) is 0 Å². The number of carboxylic acid groups (broad SMARTS) is 1. The fraction of sp³-hybridized carbons (Fsp3) is 0.105. The summed E-state index contributed by atoms with van der Waals surface area (Å²) in [6.07, 6.45) is 5.10. The van der Waals surface area contributed by atoms with Gasteiger partial charge in [-0.2, -0.15) is 4.41 Å². The molecule has 0 unspecified atom stereocenters. The lowest BCUT2D eigenvalue weighted by molar-refractivity contribution is -0.131. The van der Waals surface area contributed by atoms with Crippen molar-refractivity contribution in [2.24, 2.45) is 0 Å². The summed E-state index contributed by atoms with van der Waals surface area (Å²) in [7, 11) is -3.64. The Hall–Kier alpha value is -3.46. The highest BCUT2D eigenvalue weighted by Crippen LogP contribution is 2.17. The van der Waals surface area contributed by atoms with Gasteiger partial charge in [-0.1, -0.05) is 48.5 Å². The molecule has 144 valence electrons. The van der Waals surface area contributed by atoms with Gasteiger partial charge < -0.3 is 5.11 Å². The first kappa shape index (κ1) is 19.3. The molecule has 0 bridgehead atoms. The second kappa shape index (κ2) is 8.05. The van der Waals surface area contributed by atoms with Crippen molar-refractivity contribution in [3.05, 3.63) is 78.0 Å². The SMILES string of the molecule is CS(=O)(=O)N(Cc1cccc(/C=C/C(=O)O)c1)n1cc(-c2ccccc2)nn1. The standard InChI is InChI=1S/C19H18N4O4S/c1-28(26,27)23(13-16-7-5-6-15(12-16)10-11-19(24)25)22-14-18(20-21-22)17-8-3-2-4-9-17/h2-12,14H,13H2,1H3,(H,24,25)/b11-10+. The number of rotatable bonds is 7. The van der Waals surface area contributed by atoms with Crippen LogP contribution in [0, 0.1) is 0 Å². The Balaban J connectivity index is 1.90. The highest BCUT2D eigenvalue weighted by Gasteiger charge is 2.20. The largest absolute Gasteiger partial charge is 0.478 e. The zero-order chi connectivity index (χ0) is 20.1. The molecule has 3 rings (SSSR count). The van der Waals surface area contributed by atoms with Gasteiger partial charge in [0.05, 0.1) is 19.0 Å². The van der Waals surface area contributed by atoms with Gasteiger partial charge in [-0.15, -0.1) is 9.89 Å². The summed E-state index contributed by atoms with van der Waals surface area (Å²) < 4.78 is 25.7. The van der Waals surface area contributed by atoms with E-state index in [2.05, 4.69) is 10.3 Å². The molecule has 9 heteroatoms. The summed E-state index contributed by atoms with van der Waals surface area (Å²) in [5.74, 6) is -1.06. The second-order valence-electron chi connectivity index (χ2n) is 6.05. The quantitative estimate of drug-likeness (QED) is 0.611. The smallest absolute Gasteiger partial charge is 0.328 e. The van der Waals surface area contributed by atoms with Crippen molar-refractivity contribution in [1.82, 2.24) is 15.1 Å². The minimum atomic E-state index is -3.64. The van der Waals surface area contributed by atoms with Gasteiger partial charge in [0.25, 0.3) is 0 Å². The fourth-order valence-corrected chi connectivity index (χ4v) is 3.33. The maximum absolute atomic E-state index is 12.3. The zero-order valence-corrected chi connectivity index (χ0v) is 15.8. The van der Waals surface area contributed by atoms with Gasteiger partial charge in [-0.25, -0.2) is 13.2 Å². The number of hydrogen-bond donors (Lipinski definition) is 1. The summed E-state index contributed by atoms with van der Waals surface area (Å²) in [6.45, 7) is 0.0190. The molecule has 0 spiro atoms. The monoisotopic (exact) mass is 398 g/mol. The Labute approximate surface area is 162 Å². The number of hydrogen-bond acceptors (Lipinski definition) is 5. The lowest BCUT2D eigenvalue weighted by Gasteiger charge is -2.21. The van der Waals surface area contributed by atoms with Gasteiger partial charge in [0, 0.05) is 11.6 Å². The molecule has 2 aromatic carbocycles. The Morgan fingerprint density at radius 1 is 1.18 bits per heavy atom. The predicted molar refractivity (Wildman–Crippen MR) is 105 cm³/mol. The van der Waals surface area contributed by atoms with Gasteiger partial charge >= 0.3 is 5.97 Å². The van der Waals surface area contributed by atoms with Gasteiger partial charge in [0.15, 0.2) is 0 Å². The van der Waals surface area contributed by atoms with Crippen LogP contribution in [0.25, 0.3) is 17.3 Å². The third-order valence-corrected chi connectivity index (χ3v) is 4.91. The number of aromatic nitrogens is 3. The van der Waals surface area contributed by atoms with Crippen LogP contribution in [0.1, 0.15) is 11.1 Å². The topological polar surface area (TPSA) is 105 Å². The molecule has 8 nitrogen and oxygen atoms in total. The summed E-state index contributed by atoms with van der Waals surface area (Å²) in [6, 6.07) is 16.2. The van der Waals surface area contributed by atoms with E-state index < -0.39 is 16.0 Å². The average molecular weight is 398 g/mol. The predicted octanol–water partition coefficient (Wildman–Crippen LogP) is 2.14. The van der Waals surface area contributed by atoms with E-state index in [-0.39, 0.29) is 6.54 Å². The lowest BCUT2D eigenvalue weighted by atomic mass is 10.1. The molecular formula is C19H18N4O4S. The third kappa shape index (κ3) is 4.83. The highest BCUT2D eigenvalue weighted by molar-refractivity contribution is 7.91. The van der Waals surface area contributed by atoms with E-state index in [0.717, 1.165) is 22.3 Å². The first-order valence-electron chi connectivity index (χ1n) is 8.28. The van der Waals surface area contributed by atoms with Crippen molar-refractivity contribution < 1.29 is 18.3 Å². The molecule has 0 atom stereocenters. The molecule has 1 aromatic heterocycles. The number of sulfonamides is 1. The Kier molecular flexibility index (Phi) is 5.55. The lowest BCUT2D eigenvalue weighted by Crippen LogP contribution is -2.39. The Bertz CT molecular complexity index is 1110. The van der Waals surface area contributed by atoms with E-state index in [1.54, 1.807) is 30.5 Å². The molecule has 0 amide bonds. The minimum Gasteiger partial charge on any atom is -0.478 e. The van der Waals surface area contributed by atoms with Crippen molar-refractivity contribution in [2.45, 2.75) is 6.54 Å². The van der Waals surface area contributed by atoms with E-state index in [9.17, 15) is 13.2 Å². The van der Waals surface area contributed by atoms with Gasteiger partial charge in [-0.05, 0) is 28.5 Å². The summed E-state index contributed by atoms with van der Waals surface area (Å²) in [5.41, 5.74) is 2.70. The Morgan fingerprint density at radius 3 is 2.61 bits per heavy atom. The maximum Gasteiger partial charge on any atom is 0.328 e. The van der Waals surface area contributed by atoms with Crippen LogP contribution in [0.5, 0.6) is 0 Å². The molecule has 0 saturated heterocycles. The molecular weight excluding hydrogens is 380 g/mol. The van der Waals surface area contributed by atoms with E-state index >= 15 is 0 Å². The molecule has 1 N–H and O–H groups in total. The van der Waals surface area contributed by atoms with E-state index in [0.29, 0.717) is 16.8 Å². The summed E-state index contributed by atoms with van der Waals surface area (Å²) >= 11 is 0. The molecule has 0 radical (unpaired) electrons. The third-order valence-electron chi connectivity index (χ3n) is 3.85. The molecule has 0 aliphatic rings. The summed E-state index contributed by atoms with van der Waals surface area (Å²) in [4.78, 5) is 11.9. The van der Waals surface area contributed by atoms with Crippen molar-refractivity contribution in [2.75, 3.05) is 10.7 Å². The van der Waals surface area contributed by atoms with Crippen LogP contribution in [-0.2, 0) is 21.4 Å². The fourth-order valence-electron chi connectivity index (χ4n) is 2.57. The number of nitrogens with zero attached hydrogens (tertiary/aromatic N) is 4. The van der Waals surface area contributed by atoms with E-state index in [1.165, 1.54) is 10.9 Å². The van der Waals surface area contributed by atoms with Crippen LogP contribution in [0.4, 0.5) is 0 Å². The highest BCUT2D eigenvalue weighted by atomic mass is 32.2. The van der Waals surface area contributed by atoms with E-state index in [4.69, 9.17) is 5.11 Å². The van der Waals surface area contributed by atoms with Crippen LogP contribution >= 0.6 is 0 Å².